The summed E-state index contributed by atoms with van der Waals surface area (Å²) in [5, 5.41) is 10.6. The molecule has 0 saturated heterocycles. The number of hydrogen-bond acceptors (Lipinski definition) is 15. The van der Waals surface area contributed by atoms with Gasteiger partial charge < -0.3 is 33.8 Å². The molecule has 2 unspecified atom stereocenters. The van der Waals surface area contributed by atoms with Crippen LogP contribution >= 0.6 is 15.6 Å². The maximum Gasteiger partial charge on any atom is 0.472 e. The van der Waals surface area contributed by atoms with Crippen LogP contribution in [0.15, 0.2) is 0 Å². The van der Waals surface area contributed by atoms with Gasteiger partial charge in [-0.3, -0.25) is 37.3 Å². The normalized spacial score (nSPS) is 13.9. The zero-order chi connectivity index (χ0) is 69.7. The third-order valence-corrected chi connectivity index (χ3v) is 19.8. The van der Waals surface area contributed by atoms with Gasteiger partial charge in [-0.1, -0.05) is 355 Å². The minimum Gasteiger partial charge on any atom is -0.462 e. The van der Waals surface area contributed by atoms with E-state index in [1.807, 2.05) is 0 Å². The van der Waals surface area contributed by atoms with Crippen LogP contribution in [-0.4, -0.2) is 96.7 Å². The molecule has 0 aromatic carbocycles. The van der Waals surface area contributed by atoms with Crippen LogP contribution in [0.25, 0.3) is 0 Å². The molecule has 0 bridgehead atoms. The van der Waals surface area contributed by atoms with Crippen molar-refractivity contribution in [2.45, 2.75) is 425 Å². The van der Waals surface area contributed by atoms with Crippen LogP contribution in [0, 0.1) is 0 Å². The lowest BCUT2D eigenvalue weighted by Gasteiger charge is -2.21. The molecule has 0 spiro atoms. The van der Waals surface area contributed by atoms with E-state index in [9.17, 15) is 43.2 Å². The number of esters is 4. The van der Waals surface area contributed by atoms with Gasteiger partial charge in [-0.25, -0.2) is 9.13 Å². The second kappa shape index (κ2) is 70.5. The van der Waals surface area contributed by atoms with Crippen molar-refractivity contribution in [2.24, 2.45) is 0 Å². The first-order valence-electron chi connectivity index (χ1n) is 39.8. The Bertz CT molecular complexity index is 1810. The Hall–Kier alpha value is -1.94. The van der Waals surface area contributed by atoms with E-state index >= 15 is 0 Å². The van der Waals surface area contributed by atoms with Crippen LogP contribution in [0.2, 0.25) is 0 Å². The molecular weight excluding hydrogens is 1250 g/mol. The van der Waals surface area contributed by atoms with Crippen LogP contribution in [-0.2, 0) is 65.4 Å². The molecule has 0 amide bonds. The van der Waals surface area contributed by atoms with E-state index in [1.165, 1.54) is 238 Å². The summed E-state index contributed by atoms with van der Waals surface area (Å²) in [4.78, 5) is 72.7. The molecule has 564 valence electrons. The predicted octanol–water partition coefficient (Wildman–Crippen LogP) is 22.6. The Balaban J connectivity index is 5.16. The molecular formula is C76H148O17P2. The van der Waals surface area contributed by atoms with Gasteiger partial charge in [0, 0.05) is 25.7 Å². The maximum absolute atomic E-state index is 13.1. The third-order valence-electron chi connectivity index (χ3n) is 17.9. The third kappa shape index (κ3) is 70.3. The number of phosphoric acid groups is 2. The van der Waals surface area contributed by atoms with Crippen molar-refractivity contribution in [2.75, 3.05) is 39.6 Å². The summed E-state index contributed by atoms with van der Waals surface area (Å²) in [7, 11) is -9.90. The van der Waals surface area contributed by atoms with Gasteiger partial charge in [0.2, 0.25) is 0 Å². The molecule has 0 aromatic rings. The maximum atomic E-state index is 13.1. The summed E-state index contributed by atoms with van der Waals surface area (Å²) in [6.45, 7) is 4.97. The van der Waals surface area contributed by atoms with E-state index in [4.69, 9.17) is 37.0 Å². The number of carbonyl (C=O) groups is 4. The average Bonchev–Trinajstić information content (AvgIpc) is 1.76. The molecule has 5 atom stereocenters. The molecule has 17 nitrogen and oxygen atoms in total. The number of phosphoric ester groups is 2. The number of carbonyl (C=O) groups excluding carboxylic acids is 4. The van der Waals surface area contributed by atoms with Gasteiger partial charge in [-0.05, 0) is 25.7 Å². The van der Waals surface area contributed by atoms with Gasteiger partial charge >= 0.3 is 39.5 Å². The Morgan fingerprint density at radius 2 is 0.421 bits per heavy atom. The number of unbranched alkanes of at least 4 members (excludes halogenated alkanes) is 51. The lowest BCUT2D eigenvalue weighted by Crippen LogP contribution is -2.30. The molecule has 3 N–H and O–H groups in total. The standard InChI is InChI=1S/C76H148O17P2/c1-5-9-13-17-21-25-29-31-32-33-34-35-36-37-38-39-40-43-47-51-55-59-63-76(81)93-72(67-87-74(79)61-57-53-49-45-42-30-26-22-18-14-10-6-2)69-91-95(84,85)89-65-70(77)64-88-94(82,83)90-68-71(66-86-73(78)60-56-52-48-44-28-24-20-16-12-8-4)92-75(80)62-58-54-50-46-41-27-23-19-15-11-7-3/h70-72,77H,5-69H2,1-4H3,(H,82,83)(H,84,85)/t70-,71+,72+/m0/s1. The van der Waals surface area contributed by atoms with E-state index in [2.05, 4.69) is 27.7 Å². The van der Waals surface area contributed by atoms with Gasteiger partial charge in [-0.2, -0.15) is 0 Å². The van der Waals surface area contributed by atoms with Crippen LogP contribution in [0.5, 0.6) is 0 Å². The Labute approximate surface area is 581 Å². The van der Waals surface area contributed by atoms with Crippen molar-refractivity contribution < 1.29 is 80.2 Å². The number of hydrogen-bond donors (Lipinski definition) is 3. The molecule has 0 aromatic heterocycles. The van der Waals surface area contributed by atoms with Crippen LogP contribution in [0.3, 0.4) is 0 Å². The van der Waals surface area contributed by atoms with Gasteiger partial charge in [0.15, 0.2) is 12.2 Å². The molecule has 0 heterocycles. The highest BCUT2D eigenvalue weighted by Gasteiger charge is 2.30. The number of rotatable bonds is 77. The smallest absolute Gasteiger partial charge is 0.462 e. The highest BCUT2D eigenvalue weighted by Crippen LogP contribution is 2.45. The second-order valence-corrected chi connectivity index (χ2v) is 30.3. The van der Waals surface area contributed by atoms with Gasteiger partial charge in [0.1, 0.15) is 19.3 Å². The summed E-state index contributed by atoms with van der Waals surface area (Å²) in [5.41, 5.74) is 0. The molecule has 0 aliphatic rings. The van der Waals surface area contributed by atoms with Gasteiger partial charge in [0.25, 0.3) is 0 Å². The van der Waals surface area contributed by atoms with Crippen LogP contribution in [0.4, 0.5) is 0 Å². The monoisotopic (exact) mass is 1400 g/mol. The predicted molar refractivity (Wildman–Crippen MR) is 386 cm³/mol. The number of aliphatic hydroxyl groups excluding tert-OH is 1. The van der Waals surface area contributed by atoms with E-state index in [1.54, 1.807) is 0 Å². The largest absolute Gasteiger partial charge is 0.472 e. The van der Waals surface area contributed by atoms with Crippen LogP contribution in [0.1, 0.15) is 407 Å². The zero-order valence-corrected chi connectivity index (χ0v) is 63.4. The summed E-state index contributed by atoms with van der Waals surface area (Å²) >= 11 is 0. The minimum atomic E-state index is -4.95. The number of aliphatic hydroxyl groups is 1. The van der Waals surface area contributed by atoms with E-state index in [-0.39, 0.29) is 25.7 Å². The van der Waals surface area contributed by atoms with Crippen molar-refractivity contribution in [1.82, 2.24) is 0 Å². The molecule has 0 aliphatic heterocycles. The Morgan fingerprint density at radius 3 is 0.621 bits per heavy atom. The zero-order valence-electron chi connectivity index (χ0n) is 61.6. The fourth-order valence-electron chi connectivity index (χ4n) is 11.8. The SMILES string of the molecule is CCCCCCCCCCCCCCCCCCCCCCCCC(=O)O[C@H](COC(=O)CCCCCCCCCCCCCC)COP(=O)(O)OC[C@@H](O)COP(=O)(O)OC[C@@H](COC(=O)CCCCCCCCCCCC)OC(=O)CCCCCCCCCCCCC. The lowest BCUT2D eigenvalue weighted by molar-refractivity contribution is -0.161. The molecule has 0 radical (unpaired) electrons. The second-order valence-electron chi connectivity index (χ2n) is 27.4. The molecule has 0 rings (SSSR count). The minimum absolute atomic E-state index is 0.108. The van der Waals surface area contributed by atoms with Crippen molar-refractivity contribution in [1.29, 1.82) is 0 Å². The first kappa shape index (κ1) is 93.1. The van der Waals surface area contributed by atoms with E-state index in [0.717, 1.165) is 89.9 Å². The Kier molecular flexibility index (Phi) is 69.1. The first-order chi connectivity index (χ1) is 46.2. The highest BCUT2D eigenvalue weighted by molar-refractivity contribution is 7.47. The fourth-order valence-corrected chi connectivity index (χ4v) is 13.3. The van der Waals surface area contributed by atoms with Crippen LogP contribution < -0.4 is 0 Å². The van der Waals surface area contributed by atoms with E-state index < -0.39 is 97.5 Å². The topological polar surface area (TPSA) is 237 Å². The Morgan fingerprint density at radius 1 is 0.253 bits per heavy atom. The molecule has 95 heavy (non-hydrogen) atoms. The summed E-state index contributed by atoms with van der Waals surface area (Å²) < 4.78 is 68.4. The van der Waals surface area contributed by atoms with Crippen molar-refractivity contribution in [3.05, 3.63) is 0 Å². The number of ether oxygens (including phenoxy) is 4. The molecule has 19 heteroatoms. The summed E-state index contributed by atoms with van der Waals surface area (Å²) in [5.74, 6) is -2.11. The van der Waals surface area contributed by atoms with Crippen molar-refractivity contribution >= 4 is 39.5 Å². The molecule has 0 aliphatic carbocycles. The molecule has 0 saturated carbocycles. The first-order valence-corrected chi connectivity index (χ1v) is 42.8. The fraction of sp³-hybridized carbons (Fsp3) is 0.947. The highest BCUT2D eigenvalue weighted by atomic mass is 31.2. The summed E-state index contributed by atoms with van der Waals surface area (Å²) in [6.07, 6.45) is 61.1. The summed E-state index contributed by atoms with van der Waals surface area (Å²) in [6, 6.07) is 0. The molecule has 0 fully saturated rings. The average molecular weight is 1400 g/mol. The van der Waals surface area contributed by atoms with Crippen molar-refractivity contribution in [3.63, 3.8) is 0 Å². The quantitative estimate of drug-likeness (QED) is 0.0222. The lowest BCUT2D eigenvalue weighted by atomic mass is 10.0. The van der Waals surface area contributed by atoms with Gasteiger partial charge in [-0.15, -0.1) is 0 Å². The van der Waals surface area contributed by atoms with E-state index in [0.29, 0.717) is 25.7 Å². The van der Waals surface area contributed by atoms with Gasteiger partial charge in [0.05, 0.1) is 26.4 Å². The van der Waals surface area contributed by atoms with Crippen molar-refractivity contribution in [3.8, 4) is 0 Å².